The number of aromatic nitrogens is 1. The van der Waals surface area contributed by atoms with Crippen molar-refractivity contribution in [3.8, 4) is 0 Å². The van der Waals surface area contributed by atoms with Crippen molar-refractivity contribution in [3.05, 3.63) is 30.7 Å². The highest BCUT2D eigenvalue weighted by atomic mass is 19.1. The van der Waals surface area contributed by atoms with E-state index in [0.717, 1.165) is 5.39 Å². The molecular formula is C7H4FNO. The number of fused-ring (bicyclic) bond motifs is 1. The first-order chi connectivity index (χ1) is 4.88. The number of pyridine rings is 1. The van der Waals surface area contributed by atoms with E-state index in [4.69, 9.17) is 0 Å². The second-order valence-corrected chi connectivity index (χ2v) is 1.97. The molecule has 0 aliphatic carbocycles. The lowest BCUT2D eigenvalue weighted by molar-refractivity contribution is 0.366. The molecule has 50 valence electrons. The molecule has 0 spiro atoms. The maximum absolute atomic E-state index is 12.5. The molecule has 0 saturated carbocycles. The molecule has 0 aliphatic rings. The normalized spacial score (nSPS) is 10.5. The van der Waals surface area contributed by atoms with Crippen molar-refractivity contribution in [2.75, 3.05) is 0 Å². The highest BCUT2D eigenvalue weighted by Gasteiger charge is 2.02. The van der Waals surface area contributed by atoms with E-state index in [-0.39, 0.29) is 0 Å². The van der Waals surface area contributed by atoms with Crippen LogP contribution in [0.4, 0.5) is 4.39 Å². The van der Waals surface area contributed by atoms with Gasteiger partial charge in [0, 0.05) is 17.8 Å². The van der Waals surface area contributed by atoms with Crippen LogP contribution in [0.3, 0.4) is 0 Å². The number of halogens is 1. The van der Waals surface area contributed by atoms with Crippen LogP contribution >= 0.6 is 0 Å². The summed E-state index contributed by atoms with van der Waals surface area (Å²) in [7, 11) is 0. The van der Waals surface area contributed by atoms with Crippen molar-refractivity contribution in [2.24, 2.45) is 0 Å². The second kappa shape index (κ2) is 1.80. The average Bonchev–Trinajstić information content (AvgIpc) is 2.34. The summed E-state index contributed by atoms with van der Waals surface area (Å²) in [6.07, 6.45) is 4.40. The van der Waals surface area contributed by atoms with Crippen molar-refractivity contribution in [1.82, 2.24) is 4.98 Å². The number of hydrogen-bond donors (Lipinski definition) is 0. The fraction of sp³-hybridized carbons (Fsp3) is 0. The van der Waals surface area contributed by atoms with Crippen LogP contribution in [-0.4, -0.2) is 4.98 Å². The van der Waals surface area contributed by atoms with Crippen molar-refractivity contribution in [1.29, 1.82) is 0 Å². The SMILES string of the molecule is Fc1occ2ccncc12. The van der Waals surface area contributed by atoms with E-state index in [1.54, 1.807) is 12.3 Å². The first-order valence-electron chi connectivity index (χ1n) is 2.84. The molecule has 0 atom stereocenters. The Bertz CT molecular complexity index is 355. The van der Waals surface area contributed by atoms with Crippen LogP contribution < -0.4 is 0 Å². The lowest BCUT2D eigenvalue weighted by Gasteiger charge is -1.81. The minimum Gasteiger partial charge on any atom is -0.438 e. The molecule has 10 heavy (non-hydrogen) atoms. The molecule has 2 heterocycles. The van der Waals surface area contributed by atoms with Crippen LogP contribution in [0.15, 0.2) is 29.1 Å². The maximum atomic E-state index is 12.5. The first-order valence-corrected chi connectivity index (χ1v) is 2.84. The predicted octanol–water partition coefficient (Wildman–Crippen LogP) is 1.97. The van der Waals surface area contributed by atoms with Gasteiger partial charge in [0.15, 0.2) is 0 Å². The lowest BCUT2D eigenvalue weighted by atomic mass is 10.3. The third kappa shape index (κ3) is 0.603. The Morgan fingerprint density at radius 3 is 3.20 bits per heavy atom. The van der Waals surface area contributed by atoms with Gasteiger partial charge < -0.3 is 4.42 Å². The quantitative estimate of drug-likeness (QED) is 0.554. The van der Waals surface area contributed by atoms with Gasteiger partial charge in [-0.25, -0.2) is 0 Å². The maximum Gasteiger partial charge on any atom is 0.287 e. The Morgan fingerprint density at radius 1 is 1.50 bits per heavy atom. The van der Waals surface area contributed by atoms with E-state index in [1.807, 2.05) is 0 Å². The van der Waals surface area contributed by atoms with Gasteiger partial charge in [-0.1, -0.05) is 0 Å². The number of rotatable bonds is 0. The van der Waals surface area contributed by atoms with Crippen LogP contribution in [0.1, 0.15) is 0 Å². The van der Waals surface area contributed by atoms with E-state index in [9.17, 15) is 4.39 Å². The topological polar surface area (TPSA) is 26.0 Å². The fourth-order valence-corrected chi connectivity index (χ4v) is 0.851. The van der Waals surface area contributed by atoms with Gasteiger partial charge in [-0.05, 0) is 6.07 Å². The van der Waals surface area contributed by atoms with Gasteiger partial charge >= 0.3 is 0 Å². The summed E-state index contributed by atoms with van der Waals surface area (Å²) in [5.41, 5.74) is 0. The molecule has 0 aromatic carbocycles. The number of furan rings is 1. The highest BCUT2D eigenvalue weighted by Crippen LogP contribution is 2.16. The van der Waals surface area contributed by atoms with E-state index in [2.05, 4.69) is 9.40 Å². The third-order valence-electron chi connectivity index (χ3n) is 1.36. The molecule has 0 fully saturated rings. The van der Waals surface area contributed by atoms with E-state index in [1.165, 1.54) is 12.5 Å². The molecule has 0 radical (unpaired) electrons. The Labute approximate surface area is 56.3 Å². The zero-order valence-corrected chi connectivity index (χ0v) is 5.04. The van der Waals surface area contributed by atoms with Crippen molar-refractivity contribution >= 4 is 10.8 Å². The predicted molar refractivity (Wildman–Crippen MR) is 34.0 cm³/mol. The molecule has 0 amide bonds. The van der Waals surface area contributed by atoms with E-state index in [0.29, 0.717) is 5.39 Å². The van der Waals surface area contributed by atoms with Gasteiger partial charge in [0.2, 0.25) is 0 Å². The number of nitrogens with zero attached hydrogens (tertiary/aromatic N) is 1. The zero-order valence-electron chi connectivity index (χ0n) is 5.04. The van der Waals surface area contributed by atoms with Gasteiger partial charge in [0.05, 0.1) is 5.39 Å². The summed E-state index contributed by atoms with van der Waals surface area (Å²) in [6.45, 7) is 0. The largest absolute Gasteiger partial charge is 0.438 e. The van der Waals surface area contributed by atoms with E-state index >= 15 is 0 Å². The van der Waals surface area contributed by atoms with Crippen molar-refractivity contribution in [2.45, 2.75) is 0 Å². The molecule has 0 saturated heterocycles. The molecule has 0 aliphatic heterocycles. The standard InChI is InChI=1S/C7H4FNO/c8-7-6-3-9-2-1-5(6)4-10-7/h1-4H. The minimum atomic E-state index is -0.567. The molecular weight excluding hydrogens is 133 g/mol. The molecule has 2 nitrogen and oxygen atoms in total. The van der Waals surface area contributed by atoms with Gasteiger partial charge in [0.1, 0.15) is 6.26 Å². The van der Waals surface area contributed by atoms with Crippen LogP contribution in [-0.2, 0) is 0 Å². The summed E-state index contributed by atoms with van der Waals surface area (Å²) >= 11 is 0. The van der Waals surface area contributed by atoms with Crippen LogP contribution in [0.2, 0.25) is 0 Å². The lowest BCUT2D eigenvalue weighted by Crippen LogP contribution is -1.70. The van der Waals surface area contributed by atoms with Gasteiger partial charge in [0.25, 0.3) is 6.01 Å². The monoisotopic (exact) mass is 137 g/mol. The Kier molecular flexibility index (Phi) is 0.974. The van der Waals surface area contributed by atoms with Gasteiger partial charge in [-0.15, -0.1) is 0 Å². The first kappa shape index (κ1) is 5.41. The number of hydrogen-bond acceptors (Lipinski definition) is 2. The summed E-state index contributed by atoms with van der Waals surface area (Å²) < 4.78 is 17.0. The van der Waals surface area contributed by atoms with Crippen LogP contribution in [0.5, 0.6) is 0 Å². The summed E-state index contributed by atoms with van der Waals surface area (Å²) in [5, 5.41) is 1.18. The van der Waals surface area contributed by atoms with Crippen molar-refractivity contribution < 1.29 is 8.81 Å². The van der Waals surface area contributed by atoms with Gasteiger partial charge in [-0.2, -0.15) is 4.39 Å². The molecule has 0 bridgehead atoms. The molecule has 2 rings (SSSR count). The fourth-order valence-electron chi connectivity index (χ4n) is 0.851. The molecule has 3 heteroatoms. The van der Waals surface area contributed by atoms with Crippen LogP contribution in [0.25, 0.3) is 10.8 Å². The van der Waals surface area contributed by atoms with Gasteiger partial charge in [-0.3, -0.25) is 4.98 Å². The molecule has 0 N–H and O–H groups in total. The Hall–Kier alpha value is -1.38. The minimum absolute atomic E-state index is 0.433. The highest BCUT2D eigenvalue weighted by molar-refractivity contribution is 5.80. The summed E-state index contributed by atoms with van der Waals surface area (Å²) in [5.74, 6) is 0. The van der Waals surface area contributed by atoms with Crippen LogP contribution in [0, 0.1) is 6.01 Å². The van der Waals surface area contributed by atoms with E-state index < -0.39 is 6.01 Å². The third-order valence-corrected chi connectivity index (χ3v) is 1.36. The Morgan fingerprint density at radius 2 is 2.40 bits per heavy atom. The van der Waals surface area contributed by atoms with Crippen molar-refractivity contribution in [3.63, 3.8) is 0 Å². The smallest absolute Gasteiger partial charge is 0.287 e. The second-order valence-electron chi connectivity index (χ2n) is 1.97. The molecule has 2 aromatic rings. The summed E-state index contributed by atoms with van der Waals surface area (Å²) in [6, 6.07) is 1.13. The molecule has 2 aromatic heterocycles. The summed E-state index contributed by atoms with van der Waals surface area (Å²) in [4.78, 5) is 3.75. The average molecular weight is 137 g/mol. The Balaban J connectivity index is 2.93. The molecule has 0 unspecified atom stereocenters. The zero-order chi connectivity index (χ0) is 6.97.